The quantitative estimate of drug-likeness (QED) is 0.923. The maximum Gasteiger partial charge on any atom is 0.0477 e. The molecule has 3 atom stereocenters. The standard InChI is InChI=1S/C18H29N3/c1-3-15-7-4-5-9-17(15)18(11-19)21-13-16-8-6-10-20(16)12-14(21)2/h4-5,7,9,14,16,18H,3,6,8,10-13,19H2,1-2H3. The number of nitrogens with two attached hydrogens (primary N) is 1. The van der Waals surface area contributed by atoms with Crippen molar-refractivity contribution < 1.29 is 0 Å². The van der Waals surface area contributed by atoms with Crippen LogP contribution in [0.4, 0.5) is 0 Å². The second-order valence-corrected chi connectivity index (χ2v) is 6.64. The minimum absolute atomic E-state index is 0.374. The minimum Gasteiger partial charge on any atom is -0.329 e. The molecule has 3 heteroatoms. The molecule has 3 unspecified atom stereocenters. The molecule has 0 spiro atoms. The van der Waals surface area contributed by atoms with E-state index in [2.05, 4.69) is 47.9 Å². The zero-order chi connectivity index (χ0) is 14.8. The lowest BCUT2D eigenvalue weighted by atomic mass is 9.94. The van der Waals surface area contributed by atoms with Gasteiger partial charge in [-0.05, 0) is 43.9 Å². The molecule has 116 valence electrons. The lowest BCUT2D eigenvalue weighted by Gasteiger charge is -2.46. The highest BCUT2D eigenvalue weighted by Gasteiger charge is 2.37. The van der Waals surface area contributed by atoms with Crippen molar-refractivity contribution in [3.63, 3.8) is 0 Å². The molecule has 0 aromatic heterocycles. The van der Waals surface area contributed by atoms with Crippen LogP contribution in [0.5, 0.6) is 0 Å². The lowest BCUT2D eigenvalue weighted by molar-refractivity contribution is 0.0294. The second-order valence-electron chi connectivity index (χ2n) is 6.64. The van der Waals surface area contributed by atoms with E-state index in [-0.39, 0.29) is 0 Å². The van der Waals surface area contributed by atoms with E-state index in [0.29, 0.717) is 18.6 Å². The fourth-order valence-corrected chi connectivity index (χ4v) is 4.27. The van der Waals surface area contributed by atoms with Crippen molar-refractivity contribution in [1.82, 2.24) is 9.80 Å². The summed E-state index contributed by atoms with van der Waals surface area (Å²) >= 11 is 0. The molecule has 1 aromatic rings. The fourth-order valence-electron chi connectivity index (χ4n) is 4.27. The molecular formula is C18H29N3. The predicted molar refractivity (Wildman–Crippen MR) is 88.4 cm³/mol. The van der Waals surface area contributed by atoms with Crippen molar-refractivity contribution in [3.05, 3.63) is 35.4 Å². The van der Waals surface area contributed by atoms with E-state index in [9.17, 15) is 0 Å². The van der Waals surface area contributed by atoms with E-state index in [0.717, 1.165) is 12.5 Å². The fraction of sp³-hybridized carbons (Fsp3) is 0.667. The highest BCUT2D eigenvalue weighted by Crippen LogP contribution is 2.32. The van der Waals surface area contributed by atoms with Gasteiger partial charge in [-0.1, -0.05) is 31.2 Å². The molecule has 3 rings (SSSR count). The Hall–Kier alpha value is -0.900. The third-order valence-corrected chi connectivity index (χ3v) is 5.40. The minimum atomic E-state index is 0.374. The van der Waals surface area contributed by atoms with Gasteiger partial charge in [0, 0.05) is 37.8 Å². The van der Waals surface area contributed by atoms with Crippen LogP contribution in [-0.2, 0) is 6.42 Å². The molecule has 0 bridgehead atoms. The summed E-state index contributed by atoms with van der Waals surface area (Å²) in [5.41, 5.74) is 9.10. The summed E-state index contributed by atoms with van der Waals surface area (Å²) in [6.45, 7) is 9.00. The molecule has 0 saturated carbocycles. The highest BCUT2D eigenvalue weighted by molar-refractivity contribution is 5.30. The Labute approximate surface area is 129 Å². The maximum absolute atomic E-state index is 6.20. The highest BCUT2D eigenvalue weighted by atomic mass is 15.3. The van der Waals surface area contributed by atoms with Gasteiger partial charge in [-0.25, -0.2) is 0 Å². The van der Waals surface area contributed by atoms with Gasteiger partial charge in [0.15, 0.2) is 0 Å². The van der Waals surface area contributed by atoms with Gasteiger partial charge in [0.2, 0.25) is 0 Å². The number of benzene rings is 1. The van der Waals surface area contributed by atoms with Gasteiger partial charge in [-0.3, -0.25) is 9.80 Å². The van der Waals surface area contributed by atoms with E-state index in [1.807, 2.05) is 0 Å². The van der Waals surface area contributed by atoms with Gasteiger partial charge in [-0.15, -0.1) is 0 Å². The van der Waals surface area contributed by atoms with Gasteiger partial charge in [0.1, 0.15) is 0 Å². The van der Waals surface area contributed by atoms with Crippen molar-refractivity contribution in [2.24, 2.45) is 5.73 Å². The Morgan fingerprint density at radius 3 is 2.86 bits per heavy atom. The summed E-state index contributed by atoms with van der Waals surface area (Å²) in [6, 6.07) is 10.6. The van der Waals surface area contributed by atoms with Gasteiger partial charge < -0.3 is 5.73 Å². The first-order chi connectivity index (χ1) is 10.2. The topological polar surface area (TPSA) is 32.5 Å². The van der Waals surface area contributed by atoms with E-state index in [1.54, 1.807) is 0 Å². The smallest absolute Gasteiger partial charge is 0.0477 e. The number of hydrogen-bond donors (Lipinski definition) is 1. The van der Waals surface area contributed by atoms with Crippen molar-refractivity contribution in [2.45, 2.75) is 51.2 Å². The van der Waals surface area contributed by atoms with E-state index >= 15 is 0 Å². The lowest BCUT2D eigenvalue weighted by Crippen LogP contribution is -2.56. The molecule has 2 N–H and O–H groups in total. The maximum atomic E-state index is 6.20. The molecule has 0 amide bonds. The SMILES string of the molecule is CCc1ccccc1C(CN)N1CC2CCCN2CC1C. The summed E-state index contributed by atoms with van der Waals surface area (Å²) in [6.07, 6.45) is 3.81. The Kier molecular flexibility index (Phi) is 4.63. The Balaban J connectivity index is 1.85. The molecule has 2 heterocycles. The number of hydrogen-bond acceptors (Lipinski definition) is 3. The molecule has 2 aliphatic rings. The molecule has 3 nitrogen and oxygen atoms in total. The Bertz CT molecular complexity index is 473. The van der Waals surface area contributed by atoms with Crippen LogP contribution in [0.3, 0.4) is 0 Å². The van der Waals surface area contributed by atoms with Crippen LogP contribution in [0, 0.1) is 0 Å². The summed E-state index contributed by atoms with van der Waals surface area (Å²) in [4.78, 5) is 5.35. The molecule has 1 aromatic carbocycles. The largest absolute Gasteiger partial charge is 0.329 e. The third kappa shape index (κ3) is 2.87. The van der Waals surface area contributed by atoms with Crippen LogP contribution in [0.15, 0.2) is 24.3 Å². The Morgan fingerprint density at radius 1 is 1.29 bits per heavy atom. The molecule has 2 saturated heterocycles. The number of rotatable bonds is 4. The monoisotopic (exact) mass is 287 g/mol. The van der Waals surface area contributed by atoms with Gasteiger partial charge in [-0.2, -0.15) is 0 Å². The first-order valence-electron chi connectivity index (χ1n) is 8.52. The van der Waals surface area contributed by atoms with Crippen LogP contribution < -0.4 is 5.73 Å². The summed E-state index contributed by atoms with van der Waals surface area (Å²) in [5, 5.41) is 0. The van der Waals surface area contributed by atoms with E-state index in [4.69, 9.17) is 5.73 Å². The van der Waals surface area contributed by atoms with E-state index < -0.39 is 0 Å². The number of fused-ring (bicyclic) bond motifs is 1. The van der Waals surface area contributed by atoms with Crippen LogP contribution in [-0.4, -0.2) is 48.1 Å². The molecule has 2 fully saturated rings. The average molecular weight is 287 g/mol. The molecule has 0 radical (unpaired) electrons. The predicted octanol–water partition coefficient (Wildman–Crippen LogP) is 2.42. The van der Waals surface area contributed by atoms with Crippen LogP contribution in [0.25, 0.3) is 0 Å². The van der Waals surface area contributed by atoms with Crippen molar-refractivity contribution in [3.8, 4) is 0 Å². The number of nitrogens with zero attached hydrogens (tertiary/aromatic N) is 2. The van der Waals surface area contributed by atoms with Gasteiger partial charge >= 0.3 is 0 Å². The van der Waals surface area contributed by atoms with Crippen molar-refractivity contribution in [2.75, 3.05) is 26.2 Å². The first kappa shape index (κ1) is 15.0. The normalized spacial score (nSPS) is 28.5. The van der Waals surface area contributed by atoms with E-state index in [1.165, 1.54) is 43.6 Å². The third-order valence-electron chi connectivity index (χ3n) is 5.40. The molecule has 2 aliphatic heterocycles. The zero-order valence-electron chi connectivity index (χ0n) is 13.5. The summed E-state index contributed by atoms with van der Waals surface area (Å²) in [7, 11) is 0. The van der Waals surface area contributed by atoms with Gasteiger partial charge in [0.25, 0.3) is 0 Å². The van der Waals surface area contributed by atoms with Crippen LogP contribution in [0.2, 0.25) is 0 Å². The number of piperazine rings is 1. The first-order valence-corrected chi connectivity index (χ1v) is 8.52. The average Bonchev–Trinajstić information content (AvgIpc) is 2.96. The summed E-state index contributed by atoms with van der Waals surface area (Å²) in [5.74, 6) is 0. The number of aryl methyl sites for hydroxylation is 1. The van der Waals surface area contributed by atoms with Crippen molar-refractivity contribution in [1.29, 1.82) is 0 Å². The molecule has 0 aliphatic carbocycles. The molecule has 21 heavy (non-hydrogen) atoms. The van der Waals surface area contributed by atoms with Crippen molar-refractivity contribution >= 4 is 0 Å². The second kappa shape index (κ2) is 6.47. The Morgan fingerprint density at radius 2 is 2.10 bits per heavy atom. The summed E-state index contributed by atoms with van der Waals surface area (Å²) < 4.78 is 0. The van der Waals surface area contributed by atoms with Gasteiger partial charge in [0.05, 0.1) is 0 Å². The van der Waals surface area contributed by atoms with Crippen LogP contribution in [0.1, 0.15) is 43.9 Å². The zero-order valence-corrected chi connectivity index (χ0v) is 13.5. The van der Waals surface area contributed by atoms with Crippen LogP contribution >= 0.6 is 0 Å². The molecular weight excluding hydrogens is 258 g/mol.